The third-order valence-corrected chi connectivity index (χ3v) is 3.85. The maximum Gasteiger partial charge on any atom is -0.000655 e. The average molecular weight is 210 g/mol. The van der Waals surface area contributed by atoms with E-state index in [4.69, 9.17) is 0 Å². The monoisotopic (exact) mass is 210 g/mol. The highest BCUT2D eigenvalue weighted by Gasteiger charge is 2.12. The van der Waals surface area contributed by atoms with Gasteiger partial charge in [0.25, 0.3) is 0 Å². The number of nitrogens with zero attached hydrogens (tertiary/aromatic N) is 2. The van der Waals surface area contributed by atoms with Crippen molar-refractivity contribution in [2.24, 2.45) is 0 Å². The van der Waals surface area contributed by atoms with Crippen LogP contribution in [0, 0.1) is 0 Å². The molecule has 0 spiro atoms. The molecule has 0 amide bonds. The van der Waals surface area contributed by atoms with E-state index in [9.17, 15) is 0 Å². The Bertz CT molecular complexity index is 152. The summed E-state index contributed by atoms with van der Waals surface area (Å²) in [5, 5.41) is 0. The molecule has 0 N–H and O–H groups in total. The van der Waals surface area contributed by atoms with E-state index in [1.165, 1.54) is 84.2 Å². The summed E-state index contributed by atoms with van der Waals surface area (Å²) in [7, 11) is 0. The van der Waals surface area contributed by atoms with Crippen LogP contribution in [0.15, 0.2) is 0 Å². The van der Waals surface area contributed by atoms with E-state index in [1.807, 2.05) is 0 Å². The number of hydrogen-bond acceptors (Lipinski definition) is 2. The Hall–Kier alpha value is -0.0800. The van der Waals surface area contributed by atoms with E-state index in [-0.39, 0.29) is 0 Å². The van der Waals surface area contributed by atoms with E-state index in [0.717, 1.165) is 0 Å². The predicted molar refractivity (Wildman–Crippen MR) is 65.2 cm³/mol. The Morgan fingerprint density at radius 1 is 0.333 bits per heavy atom. The minimum absolute atomic E-state index is 1.34. The molecule has 15 heavy (non-hydrogen) atoms. The van der Waals surface area contributed by atoms with E-state index in [2.05, 4.69) is 9.80 Å². The zero-order chi connectivity index (χ0) is 10.3. The molecule has 2 atom stereocenters. The van der Waals surface area contributed by atoms with Gasteiger partial charge < -0.3 is 9.80 Å². The Labute approximate surface area is 94.6 Å². The first kappa shape index (κ1) is 11.4. The van der Waals surface area contributed by atoms with Crippen LogP contribution in [0.2, 0.25) is 0 Å². The van der Waals surface area contributed by atoms with Crippen LogP contribution in [-0.4, -0.2) is 49.1 Å². The molecule has 2 aliphatic rings. The van der Waals surface area contributed by atoms with E-state index in [0.29, 0.717) is 0 Å². The second-order valence-corrected chi connectivity index (χ2v) is 5.16. The molecule has 2 bridgehead atoms. The lowest BCUT2D eigenvalue weighted by atomic mass is 10.1. The molecule has 0 aliphatic carbocycles. The van der Waals surface area contributed by atoms with Gasteiger partial charge in [0.1, 0.15) is 0 Å². The van der Waals surface area contributed by atoms with Crippen LogP contribution in [0.5, 0.6) is 0 Å². The molecule has 2 aliphatic heterocycles. The minimum Gasteiger partial charge on any atom is -0.303 e. The van der Waals surface area contributed by atoms with Gasteiger partial charge in [-0.25, -0.2) is 0 Å². The average Bonchev–Trinajstić information content (AvgIpc) is 2.30. The van der Waals surface area contributed by atoms with Gasteiger partial charge in [-0.05, 0) is 71.4 Å². The van der Waals surface area contributed by atoms with Gasteiger partial charge in [0.15, 0.2) is 0 Å². The van der Waals surface area contributed by atoms with E-state index >= 15 is 0 Å². The van der Waals surface area contributed by atoms with Gasteiger partial charge in [0.2, 0.25) is 0 Å². The van der Waals surface area contributed by atoms with Gasteiger partial charge in [-0.15, -0.1) is 0 Å². The Morgan fingerprint density at radius 2 is 0.667 bits per heavy atom. The van der Waals surface area contributed by atoms with Crippen molar-refractivity contribution in [3.05, 3.63) is 0 Å². The molecular weight excluding hydrogens is 184 g/mol. The molecular formula is C13H26N2. The molecule has 2 saturated heterocycles. The zero-order valence-electron chi connectivity index (χ0n) is 10.1. The Morgan fingerprint density at radius 3 is 1.13 bits per heavy atom. The second kappa shape index (κ2) is 6.49. The SMILES string of the molecule is C1CCCN2CCCCN(CC1)CCC2. The molecule has 2 nitrogen and oxygen atoms in total. The zero-order valence-corrected chi connectivity index (χ0v) is 10.1. The van der Waals surface area contributed by atoms with Gasteiger partial charge in [0, 0.05) is 0 Å². The van der Waals surface area contributed by atoms with Gasteiger partial charge in [-0.3, -0.25) is 0 Å². The summed E-state index contributed by atoms with van der Waals surface area (Å²) in [4.78, 5) is 5.41. The van der Waals surface area contributed by atoms with Crippen LogP contribution in [0.4, 0.5) is 0 Å². The van der Waals surface area contributed by atoms with Crippen molar-refractivity contribution in [2.75, 3.05) is 39.3 Å². The van der Waals surface area contributed by atoms with Crippen LogP contribution >= 0.6 is 0 Å². The number of hydrogen-bond donors (Lipinski definition) is 0. The summed E-state index contributed by atoms with van der Waals surface area (Å²) in [5.41, 5.74) is 0. The van der Waals surface area contributed by atoms with Gasteiger partial charge in [-0.1, -0.05) is 12.8 Å². The summed E-state index contributed by atoms with van der Waals surface area (Å²) in [6.07, 6.45) is 9.97. The third kappa shape index (κ3) is 4.12. The molecule has 0 aromatic carbocycles. The second-order valence-electron chi connectivity index (χ2n) is 5.16. The summed E-state index contributed by atoms with van der Waals surface area (Å²) >= 11 is 0. The molecule has 2 fully saturated rings. The maximum atomic E-state index is 2.70. The first-order chi connectivity index (χ1) is 7.45. The van der Waals surface area contributed by atoms with Crippen LogP contribution in [-0.2, 0) is 0 Å². The first-order valence-electron chi connectivity index (χ1n) is 6.90. The molecule has 0 saturated carbocycles. The fraction of sp³-hybridized carbons (Fsp3) is 1.00. The molecule has 0 aromatic heterocycles. The van der Waals surface area contributed by atoms with Crippen molar-refractivity contribution in [2.45, 2.75) is 44.9 Å². The van der Waals surface area contributed by atoms with Crippen LogP contribution in [0.1, 0.15) is 44.9 Å². The Balaban J connectivity index is 1.91. The smallest absolute Gasteiger partial charge is 0.000655 e. The van der Waals surface area contributed by atoms with Crippen molar-refractivity contribution < 1.29 is 0 Å². The molecule has 2 rings (SSSR count). The highest BCUT2D eigenvalue weighted by molar-refractivity contribution is 4.68. The molecule has 2 heterocycles. The topological polar surface area (TPSA) is 6.48 Å². The first-order valence-corrected chi connectivity index (χ1v) is 6.90. The quantitative estimate of drug-likeness (QED) is 0.605. The number of fused-ring (bicyclic) bond motifs is 4. The summed E-state index contributed by atoms with van der Waals surface area (Å²) in [6.45, 7) is 8.12. The lowest BCUT2D eigenvalue weighted by molar-refractivity contribution is 0.257. The van der Waals surface area contributed by atoms with Crippen molar-refractivity contribution in [3.8, 4) is 0 Å². The van der Waals surface area contributed by atoms with Crippen molar-refractivity contribution >= 4 is 0 Å². The molecule has 88 valence electrons. The molecule has 2 heteroatoms. The lowest BCUT2D eigenvalue weighted by Crippen LogP contribution is -2.29. The van der Waals surface area contributed by atoms with Crippen molar-refractivity contribution in [1.82, 2.24) is 9.80 Å². The van der Waals surface area contributed by atoms with Gasteiger partial charge >= 0.3 is 0 Å². The highest BCUT2D eigenvalue weighted by Crippen LogP contribution is 2.11. The fourth-order valence-corrected chi connectivity index (χ4v) is 2.88. The Kier molecular flexibility index (Phi) is 4.94. The predicted octanol–water partition coefficient (Wildman–Crippen LogP) is 2.35. The van der Waals surface area contributed by atoms with E-state index < -0.39 is 0 Å². The molecule has 0 radical (unpaired) electrons. The van der Waals surface area contributed by atoms with Crippen LogP contribution in [0.25, 0.3) is 0 Å². The largest absolute Gasteiger partial charge is 0.303 e. The summed E-state index contributed by atoms with van der Waals surface area (Å²) in [5.74, 6) is 0. The van der Waals surface area contributed by atoms with Crippen LogP contribution < -0.4 is 0 Å². The third-order valence-electron chi connectivity index (χ3n) is 3.85. The van der Waals surface area contributed by atoms with E-state index in [1.54, 1.807) is 0 Å². The molecule has 2 unspecified atom stereocenters. The van der Waals surface area contributed by atoms with Crippen LogP contribution in [0.3, 0.4) is 0 Å². The van der Waals surface area contributed by atoms with Gasteiger partial charge in [0.05, 0.1) is 0 Å². The maximum absolute atomic E-state index is 2.70. The van der Waals surface area contributed by atoms with Gasteiger partial charge in [-0.2, -0.15) is 0 Å². The summed E-state index contributed by atoms with van der Waals surface area (Å²) in [6, 6.07) is 0. The van der Waals surface area contributed by atoms with Crippen molar-refractivity contribution in [1.29, 1.82) is 0 Å². The van der Waals surface area contributed by atoms with Crippen molar-refractivity contribution in [3.63, 3.8) is 0 Å². The summed E-state index contributed by atoms with van der Waals surface area (Å²) < 4.78 is 0. The standard InChI is InChI=1S/C13H26N2/c1-2-4-9-15-11-6-5-10-14(8-3-1)12-7-13-15/h1-13H2. The minimum atomic E-state index is 1.34. The lowest BCUT2D eigenvalue weighted by Gasteiger charge is -2.21. The molecule has 0 aromatic rings. The fourth-order valence-electron chi connectivity index (χ4n) is 2.88. The normalized spacial score (nSPS) is 35.2. The highest BCUT2D eigenvalue weighted by atomic mass is 15.2. The number of rotatable bonds is 0.